The predicted octanol–water partition coefficient (Wildman–Crippen LogP) is 1.67. The van der Waals surface area contributed by atoms with Crippen molar-refractivity contribution >= 4 is 11.6 Å². The molecule has 1 fully saturated rings. The summed E-state index contributed by atoms with van der Waals surface area (Å²) in [6, 6.07) is 8.49. The average molecular weight is 355 g/mol. The van der Waals surface area contributed by atoms with Gasteiger partial charge < -0.3 is 15.5 Å². The molecule has 0 unspecified atom stereocenters. The molecule has 6 heteroatoms. The van der Waals surface area contributed by atoms with Crippen LogP contribution in [0.5, 0.6) is 0 Å². The summed E-state index contributed by atoms with van der Waals surface area (Å²) in [6.45, 7) is 8.17. The van der Waals surface area contributed by atoms with Gasteiger partial charge in [-0.3, -0.25) is 9.48 Å². The Balaban J connectivity index is 1.54. The molecule has 140 valence electrons. The zero-order chi connectivity index (χ0) is 18.5. The van der Waals surface area contributed by atoms with Crippen molar-refractivity contribution in [2.24, 2.45) is 13.0 Å². The van der Waals surface area contributed by atoms with Crippen LogP contribution in [0.4, 0.5) is 5.69 Å². The molecule has 1 aromatic heterocycles. The molecule has 1 aliphatic heterocycles. The van der Waals surface area contributed by atoms with Crippen LogP contribution in [0.15, 0.2) is 36.7 Å². The quantitative estimate of drug-likeness (QED) is 0.793. The van der Waals surface area contributed by atoms with E-state index in [0.29, 0.717) is 6.54 Å². The van der Waals surface area contributed by atoms with Crippen LogP contribution in [-0.4, -0.2) is 48.4 Å². The van der Waals surface area contributed by atoms with E-state index in [-0.39, 0.29) is 17.7 Å². The van der Waals surface area contributed by atoms with Gasteiger partial charge in [0.1, 0.15) is 0 Å². The molecular weight excluding hydrogens is 326 g/mol. The molecule has 2 heterocycles. The maximum Gasteiger partial charge on any atom is 0.225 e. The Morgan fingerprint density at radius 3 is 2.96 bits per heavy atom. The van der Waals surface area contributed by atoms with E-state index in [2.05, 4.69) is 58.7 Å². The van der Waals surface area contributed by atoms with Crippen LogP contribution in [0.3, 0.4) is 0 Å². The average Bonchev–Trinajstić information content (AvgIpc) is 3.27. The Kier molecular flexibility index (Phi) is 5.93. The molecule has 0 spiro atoms. The number of carbonyl (C=O) groups is 1. The number of hydrogen-bond donors (Lipinski definition) is 2. The van der Waals surface area contributed by atoms with Gasteiger partial charge in [-0.05, 0) is 37.1 Å². The van der Waals surface area contributed by atoms with Gasteiger partial charge in [0, 0.05) is 57.6 Å². The first kappa shape index (κ1) is 18.5. The summed E-state index contributed by atoms with van der Waals surface area (Å²) in [4.78, 5) is 15.0. The molecule has 3 rings (SSSR count). The number of nitrogens with zero attached hydrogens (tertiary/aromatic N) is 3. The van der Waals surface area contributed by atoms with E-state index in [1.165, 1.54) is 11.3 Å². The van der Waals surface area contributed by atoms with E-state index in [4.69, 9.17) is 0 Å². The molecule has 0 radical (unpaired) electrons. The molecule has 2 atom stereocenters. The summed E-state index contributed by atoms with van der Waals surface area (Å²) < 4.78 is 1.80. The Morgan fingerprint density at radius 1 is 1.42 bits per heavy atom. The van der Waals surface area contributed by atoms with Crippen molar-refractivity contribution < 1.29 is 4.79 Å². The zero-order valence-corrected chi connectivity index (χ0v) is 15.9. The van der Waals surface area contributed by atoms with Crippen molar-refractivity contribution in [2.45, 2.75) is 19.8 Å². The second kappa shape index (κ2) is 8.36. The number of aryl methyl sites for hydroxylation is 2. The molecule has 1 aliphatic rings. The Bertz CT molecular complexity index is 741. The Labute approximate surface area is 155 Å². The second-order valence-corrected chi connectivity index (χ2v) is 7.03. The third kappa shape index (κ3) is 4.25. The van der Waals surface area contributed by atoms with Gasteiger partial charge in [0.15, 0.2) is 0 Å². The smallest absolute Gasteiger partial charge is 0.225 e. The highest BCUT2D eigenvalue weighted by molar-refractivity contribution is 5.80. The number of rotatable bonds is 7. The van der Waals surface area contributed by atoms with Crippen LogP contribution in [0.2, 0.25) is 0 Å². The number of benzene rings is 1. The first-order valence-electron chi connectivity index (χ1n) is 9.37. The largest absolute Gasteiger partial charge is 0.370 e. The molecule has 0 bridgehead atoms. The fourth-order valence-electron chi connectivity index (χ4n) is 3.68. The standard InChI is InChI=1S/C20H29N5O/c1-4-25(17-7-5-6-15(2)10-17)9-8-22-20(26)19-13-21-12-18(19)16-11-23-24(3)14-16/h5-7,10-11,14,18-19,21H,4,8-9,12-13H2,1-3H3,(H,22,26)/t18-,19+/m1/s1. The van der Waals surface area contributed by atoms with Gasteiger partial charge in [-0.1, -0.05) is 12.1 Å². The fraction of sp³-hybridized carbons (Fsp3) is 0.500. The predicted molar refractivity (Wildman–Crippen MR) is 104 cm³/mol. The minimum Gasteiger partial charge on any atom is -0.370 e. The minimum atomic E-state index is -0.0340. The normalized spacial score (nSPS) is 19.5. The molecular formula is C20H29N5O. The highest BCUT2D eigenvalue weighted by atomic mass is 16.1. The van der Waals surface area contributed by atoms with Crippen LogP contribution in [0.1, 0.15) is 24.0 Å². The van der Waals surface area contributed by atoms with Gasteiger partial charge in [0.05, 0.1) is 12.1 Å². The van der Waals surface area contributed by atoms with Crippen molar-refractivity contribution in [1.82, 2.24) is 20.4 Å². The molecule has 0 aliphatic carbocycles. The maximum atomic E-state index is 12.7. The summed E-state index contributed by atoms with van der Waals surface area (Å²) in [7, 11) is 1.91. The number of carbonyl (C=O) groups excluding carboxylic acids is 1. The summed E-state index contributed by atoms with van der Waals surface area (Å²) in [5.41, 5.74) is 3.59. The van der Waals surface area contributed by atoms with E-state index in [1.54, 1.807) is 4.68 Å². The van der Waals surface area contributed by atoms with E-state index in [1.807, 2.05) is 19.4 Å². The maximum absolute atomic E-state index is 12.7. The van der Waals surface area contributed by atoms with Crippen LogP contribution < -0.4 is 15.5 Å². The Morgan fingerprint density at radius 2 is 2.27 bits per heavy atom. The lowest BCUT2D eigenvalue weighted by Crippen LogP contribution is -2.39. The van der Waals surface area contributed by atoms with Gasteiger partial charge in [0.2, 0.25) is 5.91 Å². The molecule has 26 heavy (non-hydrogen) atoms. The highest BCUT2D eigenvalue weighted by Gasteiger charge is 2.34. The van der Waals surface area contributed by atoms with Crippen LogP contribution in [-0.2, 0) is 11.8 Å². The van der Waals surface area contributed by atoms with Crippen molar-refractivity contribution in [3.8, 4) is 0 Å². The van der Waals surface area contributed by atoms with Crippen molar-refractivity contribution in [1.29, 1.82) is 0 Å². The van der Waals surface area contributed by atoms with Crippen molar-refractivity contribution in [2.75, 3.05) is 37.6 Å². The molecule has 0 saturated carbocycles. The first-order chi connectivity index (χ1) is 12.6. The van der Waals surface area contributed by atoms with Gasteiger partial charge >= 0.3 is 0 Å². The summed E-state index contributed by atoms with van der Waals surface area (Å²) >= 11 is 0. The van der Waals surface area contributed by atoms with E-state index in [0.717, 1.165) is 31.7 Å². The van der Waals surface area contributed by atoms with E-state index < -0.39 is 0 Å². The monoisotopic (exact) mass is 355 g/mol. The topological polar surface area (TPSA) is 62.2 Å². The summed E-state index contributed by atoms with van der Waals surface area (Å²) in [6.07, 6.45) is 3.88. The van der Waals surface area contributed by atoms with E-state index >= 15 is 0 Å². The SMILES string of the molecule is CCN(CCNC(=O)[C@H]1CNC[C@@H]1c1cnn(C)c1)c1cccc(C)c1. The Hall–Kier alpha value is -2.34. The second-order valence-electron chi connectivity index (χ2n) is 7.03. The molecule has 1 saturated heterocycles. The van der Waals surface area contributed by atoms with Crippen molar-refractivity contribution in [3.63, 3.8) is 0 Å². The number of aromatic nitrogens is 2. The van der Waals surface area contributed by atoms with Gasteiger partial charge in [0.25, 0.3) is 0 Å². The van der Waals surface area contributed by atoms with Gasteiger partial charge in [-0.25, -0.2) is 0 Å². The van der Waals surface area contributed by atoms with Gasteiger partial charge in [-0.15, -0.1) is 0 Å². The first-order valence-corrected chi connectivity index (χ1v) is 9.37. The van der Waals surface area contributed by atoms with Crippen LogP contribution >= 0.6 is 0 Å². The minimum absolute atomic E-state index is 0.0340. The van der Waals surface area contributed by atoms with Gasteiger partial charge in [-0.2, -0.15) is 5.10 Å². The van der Waals surface area contributed by atoms with Crippen LogP contribution in [0.25, 0.3) is 0 Å². The number of hydrogen-bond acceptors (Lipinski definition) is 4. The highest BCUT2D eigenvalue weighted by Crippen LogP contribution is 2.27. The lowest BCUT2D eigenvalue weighted by molar-refractivity contribution is -0.124. The lowest BCUT2D eigenvalue weighted by atomic mass is 9.90. The molecule has 1 aromatic carbocycles. The number of amides is 1. The molecule has 2 aromatic rings. The molecule has 6 nitrogen and oxygen atoms in total. The zero-order valence-electron chi connectivity index (χ0n) is 15.9. The number of nitrogens with one attached hydrogen (secondary N) is 2. The van der Waals surface area contributed by atoms with E-state index in [9.17, 15) is 4.79 Å². The fourth-order valence-corrected chi connectivity index (χ4v) is 3.68. The van der Waals surface area contributed by atoms with Crippen LogP contribution in [0, 0.1) is 12.8 Å². The lowest BCUT2D eigenvalue weighted by Gasteiger charge is -2.24. The molecule has 2 N–H and O–H groups in total. The number of anilines is 1. The summed E-state index contributed by atoms with van der Waals surface area (Å²) in [5.74, 6) is 0.292. The summed E-state index contributed by atoms with van der Waals surface area (Å²) in [5, 5.41) is 10.7. The third-order valence-electron chi connectivity index (χ3n) is 5.13. The molecule has 1 amide bonds. The third-order valence-corrected chi connectivity index (χ3v) is 5.13. The number of likely N-dealkylation sites (N-methyl/N-ethyl adjacent to an activating group) is 1. The van der Waals surface area contributed by atoms with Crippen molar-refractivity contribution in [3.05, 3.63) is 47.8 Å².